The van der Waals surface area contributed by atoms with Crippen LogP contribution in [0.2, 0.25) is 0 Å². The summed E-state index contributed by atoms with van der Waals surface area (Å²) in [5, 5.41) is 9.41. The average molecular weight is 352 g/mol. The molecule has 0 heterocycles. The summed E-state index contributed by atoms with van der Waals surface area (Å²) < 4.78 is 10.8. The molecule has 0 amide bonds. The first-order chi connectivity index (χ1) is 11.5. The second kappa shape index (κ2) is 8.83. The standard InChI is InChI=1S/C19H28O6/c1-12-7-6-8-15(18(22)23)9-16(24-13(2)20)10-19(4,5)11-17(12)25-14(3)21/h8,16-17H,1,6-7,9-11H2,2-5H3,(H,22,23)/b15-8-/t16-,17+/m1/s1. The van der Waals surface area contributed by atoms with E-state index >= 15 is 0 Å². The van der Waals surface area contributed by atoms with Gasteiger partial charge in [0.25, 0.3) is 0 Å². The van der Waals surface area contributed by atoms with Crippen molar-refractivity contribution in [1.29, 1.82) is 0 Å². The molecule has 0 radical (unpaired) electrons. The van der Waals surface area contributed by atoms with Gasteiger partial charge in [-0.05, 0) is 36.7 Å². The molecular formula is C19H28O6. The molecule has 6 nitrogen and oxygen atoms in total. The predicted molar refractivity (Wildman–Crippen MR) is 92.8 cm³/mol. The van der Waals surface area contributed by atoms with Crippen LogP contribution in [0.15, 0.2) is 23.8 Å². The van der Waals surface area contributed by atoms with Crippen molar-refractivity contribution in [3.8, 4) is 0 Å². The topological polar surface area (TPSA) is 89.9 Å². The zero-order valence-electron chi connectivity index (χ0n) is 15.5. The number of carbonyl (C=O) groups is 3. The highest BCUT2D eigenvalue weighted by Crippen LogP contribution is 2.35. The van der Waals surface area contributed by atoms with E-state index in [9.17, 15) is 19.5 Å². The van der Waals surface area contributed by atoms with E-state index in [0.29, 0.717) is 25.7 Å². The number of aliphatic carboxylic acids is 1. The maximum Gasteiger partial charge on any atom is 0.331 e. The van der Waals surface area contributed by atoms with Crippen molar-refractivity contribution >= 4 is 17.9 Å². The first-order valence-corrected chi connectivity index (χ1v) is 8.44. The summed E-state index contributed by atoms with van der Waals surface area (Å²) in [7, 11) is 0. The van der Waals surface area contributed by atoms with E-state index in [1.165, 1.54) is 13.8 Å². The highest BCUT2D eigenvalue weighted by Gasteiger charge is 2.32. The van der Waals surface area contributed by atoms with Crippen LogP contribution in [0.3, 0.4) is 0 Å². The van der Waals surface area contributed by atoms with Crippen molar-refractivity contribution in [2.75, 3.05) is 0 Å². The highest BCUT2D eigenvalue weighted by molar-refractivity contribution is 5.86. The summed E-state index contributed by atoms with van der Waals surface area (Å²) >= 11 is 0. The van der Waals surface area contributed by atoms with E-state index in [1.54, 1.807) is 6.08 Å². The lowest BCUT2D eigenvalue weighted by atomic mass is 9.79. The Morgan fingerprint density at radius 3 is 2.28 bits per heavy atom. The molecular weight excluding hydrogens is 324 g/mol. The molecule has 1 aliphatic carbocycles. The molecule has 140 valence electrons. The number of carbonyl (C=O) groups excluding carboxylic acids is 2. The zero-order chi connectivity index (χ0) is 19.2. The van der Waals surface area contributed by atoms with Crippen molar-refractivity contribution in [1.82, 2.24) is 0 Å². The highest BCUT2D eigenvalue weighted by atomic mass is 16.5. The Bertz CT molecular complexity index is 572. The largest absolute Gasteiger partial charge is 0.478 e. The van der Waals surface area contributed by atoms with Crippen molar-refractivity contribution in [2.24, 2.45) is 5.41 Å². The number of carboxylic acid groups (broad SMARTS) is 1. The van der Waals surface area contributed by atoms with Crippen molar-refractivity contribution in [3.63, 3.8) is 0 Å². The number of carboxylic acids is 1. The van der Waals surface area contributed by atoms with Gasteiger partial charge in [-0.2, -0.15) is 0 Å². The molecule has 6 heteroatoms. The van der Waals surface area contributed by atoms with Crippen LogP contribution in [0.4, 0.5) is 0 Å². The van der Waals surface area contributed by atoms with E-state index in [-0.39, 0.29) is 23.4 Å². The van der Waals surface area contributed by atoms with E-state index in [1.807, 2.05) is 13.8 Å². The Labute approximate surface area is 148 Å². The molecule has 0 aliphatic heterocycles. The van der Waals surface area contributed by atoms with Crippen molar-refractivity contribution in [2.45, 2.75) is 72.0 Å². The molecule has 0 aromatic rings. The Balaban J connectivity index is 3.15. The van der Waals surface area contributed by atoms with Crippen molar-refractivity contribution in [3.05, 3.63) is 23.8 Å². The number of hydrogen-bond donors (Lipinski definition) is 1. The minimum Gasteiger partial charge on any atom is -0.478 e. The van der Waals surface area contributed by atoms with Gasteiger partial charge in [-0.3, -0.25) is 9.59 Å². The lowest BCUT2D eigenvalue weighted by molar-refractivity contribution is -0.149. The molecule has 25 heavy (non-hydrogen) atoms. The number of hydrogen-bond acceptors (Lipinski definition) is 5. The Kier molecular flexibility index (Phi) is 7.39. The third kappa shape index (κ3) is 7.54. The molecule has 0 bridgehead atoms. The lowest BCUT2D eigenvalue weighted by Crippen LogP contribution is -2.31. The van der Waals surface area contributed by atoms with Gasteiger partial charge in [0.05, 0.1) is 0 Å². The molecule has 0 aromatic heterocycles. The van der Waals surface area contributed by atoms with Gasteiger partial charge in [-0.15, -0.1) is 0 Å². The van der Waals surface area contributed by atoms with Gasteiger partial charge in [0.2, 0.25) is 0 Å². The molecule has 0 aromatic carbocycles. The summed E-state index contributed by atoms with van der Waals surface area (Å²) in [6, 6.07) is 0. The summed E-state index contributed by atoms with van der Waals surface area (Å²) in [6.07, 6.45) is 2.81. The molecule has 1 aliphatic rings. The molecule has 0 saturated carbocycles. The Morgan fingerprint density at radius 2 is 1.76 bits per heavy atom. The summed E-state index contributed by atoms with van der Waals surface area (Å²) in [4.78, 5) is 34.3. The molecule has 2 atom stereocenters. The summed E-state index contributed by atoms with van der Waals surface area (Å²) in [6.45, 7) is 10.6. The smallest absolute Gasteiger partial charge is 0.331 e. The van der Waals surface area contributed by atoms with Crippen LogP contribution in [-0.4, -0.2) is 35.2 Å². The van der Waals surface area contributed by atoms with E-state index in [2.05, 4.69) is 6.58 Å². The molecule has 1 rings (SSSR count). The normalized spacial score (nSPS) is 26.6. The van der Waals surface area contributed by atoms with Gasteiger partial charge >= 0.3 is 17.9 Å². The molecule has 1 N–H and O–H groups in total. The molecule has 0 spiro atoms. The lowest BCUT2D eigenvalue weighted by Gasteiger charge is -2.33. The van der Waals surface area contributed by atoms with E-state index < -0.39 is 24.1 Å². The van der Waals surface area contributed by atoms with Crippen molar-refractivity contribution < 1.29 is 29.0 Å². The number of rotatable bonds is 3. The SMILES string of the molecule is C=C1CC/C=C(\C(=O)O)C[C@@H](OC(C)=O)CC(C)(C)C[C@@H]1OC(C)=O. The quantitative estimate of drug-likeness (QED) is 0.618. The van der Waals surface area contributed by atoms with Crippen LogP contribution in [0, 0.1) is 5.41 Å². The van der Waals surface area contributed by atoms with Crippen LogP contribution in [0.5, 0.6) is 0 Å². The Morgan fingerprint density at radius 1 is 1.16 bits per heavy atom. The van der Waals surface area contributed by atoms with Crippen LogP contribution in [0.25, 0.3) is 0 Å². The van der Waals surface area contributed by atoms with Gasteiger partial charge in [-0.25, -0.2) is 4.79 Å². The van der Waals surface area contributed by atoms with Crippen LogP contribution < -0.4 is 0 Å². The molecule has 0 saturated heterocycles. The second-order valence-electron chi connectivity index (χ2n) is 7.34. The number of esters is 2. The van der Waals surface area contributed by atoms with E-state index in [4.69, 9.17) is 9.47 Å². The van der Waals surface area contributed by atoms with Crippen LogP contribution >= 0.6 is 0 Å². The first kappa shape index (κ1) is 20.9. The summed E-state index contributed by atoms with van der Waals surface area (Å²) in [5.41, 5.74) is 0.646. The minimum atomic E-state index is -1.02. The van der Waals surface area contributed by atoms with Gasteiger partial charge in [0.1, 0.15) is 12.2 Å². The van der Waals surface area contributed by atoms with Gasteiger partial charge < -0.3 is 14.6 Å². The number of ether oxygens (including phenoxy) is 2. The monoisotopic (exact) mass is 352 g/mol. The zero-order valence-corrected chi connectivity index (χ0v) is 15.5. The first-order valence-electron chi connectivity index (χ1n) is 8.44. The fourth-order valence-electron chi connectivity index (χ4n) is 3.16. The van der Waals surface area contributed by atoms with E-state index in [0.717, 1.165) is 5.57 Å². The average Bonchev–Trinajstić information content (AvgIpc) is 2.43. The maximum absolute atomic E-state index is 11.5. The van der Waals surface area contributed by atoms with Crippen LogP contribution in [-0.2, 0) is 23.9 Å². The van der Waals surface area contributed by atoms with Gasteiger partial charge in [0, 0.05) is 25.8 Å². The minimum absolute atomic E-state index is 0.156. The van der Waals surface area contributed by atoms with Gasteiger partial charge in [-0.1, -0.05) is 26.5 Å². The third-order valence-corrected chi connectivity index (χ3v) is 4.19. The maximum atomic E-state index is 11.5. The molecule has 0 fully saturated rings. The fourth-order valence-corrected chi connectivity index (χ4v) is 3.16. The second-order valence-corrected chi connectivity index (χ2v) is 7.34. The van der Waals surface area contributed by atoms with Crippen LogP contribution in [0.1, 0.15) is 59.8 Å². The summed E-state index contributed by atoms with van der Waals surface area (Å²) in [5.74, 6) is -1.84. The number of allylic oxidation sites excluding steroid dienone is 1. The predicted octanol–water partition coefficient (Wildman–Crippen LogP) is 3.41. The fraction of sp³-hybridized carbons (Fsp3) is 0.632. The molecule has 0 unspecified atom stereocenters. The third-order valence-electron chi connectivity index (χ3n) is 4.19. The Hall–Kier alpha value is -2.11. The van der Waals surface area contributed by atoms with Gasteiger partial charge in [0.15, 0.2) is 0 Å².